The van der Waals surface area contributed by atoms with E-state index < -0.39 is 0 Å². The summed E-state index contributed by atoms with van der Waals surface area (Å²) in [6, 6.07) is 0. The van der Waals surface area contributed by atoms with E-state index >= 15 is 0 Å². The Morgan fingerprint density at radius 2 is 2.40 bits per heavy atom. The minimum Gasteiger partial charge on any atom is -0.355 e. The number of nitrogens with zero attached hydrogens (tertiary/aromatic N) is 5. The average Bonchev–Trinajstić information content (AvgIpc) is 3.01. The van der Waals surface area contributed by atoms with Crippen molar-refractivity contribution in [2.45, 2.75) is 12.8 Å². The summed E-state index contributed by atoms with van der Waals surface area (Å²) in [6.45, 7) is 1.56. The van der Waals surface area contributed by atoms with Gasteiger partial charge >= 0.3 is 0 Å². The van der Waals surface area contributed by atoms with Crippen molar-refractivity contribution in [3.8, 4) is 0 Å². The summed E-state index contributed by atoms with van der Waals surface area (Å²) >= 11 is 1.32. The molecule has 1 N–H and O–H groups in total. The molecule has 0 spiro atoms. The summed E-state index contributed by atoms with van der Waals surface area (Å²) in [5, 5.41) is 10.9. The van der Waals surface area contributed by atoms with E-state index in [2.05, 4.69) is 30.4 Å². The maximum Gasteiger partial charge on any atom is 0.231 e. The molecule has 8 heteroatoms. The van der Waals surface area contributed by atoms with Crippen LogP contribution in [-0.2, 0) is 4.79 Å². The van der Waals surface area contributed by atoms with Crippen LogP contribution in [0.15, 0.2) is 24.1 Å². The van der Waals surface area contributed by atoms with Crippen molar-refractivity contribution in [3.63, 3.8) is 0 Å². The zero-order chi connectivity index (χ0) is 13.8. The quantitative estimate of drug-likeness (QED) is 0.914. The molecule has 2 aromatic rings. The molecule has 0 unspecified atom stereocenters. The fourth-order valence-electron chi connectivity index (χ4n) is 2.29. The third kappa shape index (κ3) is 2.90. The third-order valence-electron chi connectivity index (χ3n) is 3.26. The maximum atomic E-state index is 12.2. The molecular formula is C12H14N6OS. The molecule has 0 aromatic carbocycles. The highest BCUT2D eigenvalue weighted by Gasteiger charge is 2.27. The van der Waals surface area contributed by atoms with Crippen molar-refractivity contribution in [1.29, 1.82) is 0 Å². The molecule has 1 amide bonds. The van der Waals surface area contributed by atoms with Crippen LogP contribution in [-0.4, -0.2) is 39.2 Å². The number of carbonyl (C=O) groups excluding carboxylic acids is 1. The van der Waals surface area contributed by atoms with Crippen molar-refractivity contribution in [1.82, 2.24) is 20.2 Å². The van der Waals surface area contributed by atoms with Gasteiger partial charge in [-0.2, -0.15) is 0 Å². The van der Waals surface area contributed by atoms with Crippen LogP contribution in [0, 0.1) is 5.92 Å². The molecule has 20 heavy (non-hydrogen) atoms. The molecule has 0 radical (unpaired) electrons. The first-order valence-corrected chi connectivity index (χ1v) is 7.29. The van der Waals surface area contributed by atoms with Gasteiger partial charge in [-0.3, -0.25) is 9.78 Å². The lowest BCUT2D eigenvalue weighted by molar-refractivity contribution is -0.120. The van der Waals surface area contributed by atoms with Gasteiger partial charge in [-0.05, 0) is 12.8 Å². The van der Waals surface area contributed by atoms with Gasteiger partial charge in [-0.15, -0.1) is 10.2 Å². The number of hydrogen-bond acceptors (Lipinski definition) is 7. The molecule has 1 fully saturated rings. The first kappa shape index (κ1) is 12.9. The third-order valence-corrected chi connectivity index (χ3v) is 3.86. The Labute approximate surface area is 120 Å². The Morgan fingerprint density at radius 1 is 1.45 bits per heavy atom. The number of piperidine rings is 1. The first-order chi connectivity index (χ1) is 9.83. The lowest BCUT2D eigenvalue weighted by atomic mass is 9.97. The molecule has 1 saturated heterocycles. The summed E-state index contributed by atoms with van der Waals surface area (Å²) in [7, 11) is 0. The van der Waals surface area contributed by atoms with Gasteiger partial charge in [-0.25, -0.2) is 4.98 Å². The molecule has 2 aromatic heterocycles. The molecule has 3 rings (SSSR count). The van der Waals surface area contributed by atoms with E-state index in [9.17, 15) is 4.79 Å². The van der Waals surface area contributed by atoms with Gasteiger partial charge in [0.15, 0.2) is 0 Å². The molecule has 0 bridgehead atoms. The zero-order valence-corrected chi connectivity index (χ0v) is 11.6. The van der Waals surface area contributed by atoms with E-state index in [1.165, 1.54) is 11.3 Å². The Kier molecular flexibility index (Phi) is 3.82. The van der Waals surface area contributed by atoms with Crippen molar-refractivity contribution in [2.24, 2.45) is 5.92 Å². The molecule has 104 valence electrons. The first-order valence-electron chi connectivity index (χ1n) is 6.41. The largest absolute Gasteiger partial charge is 0.355 e. The Morgan fingerprint density at radius 3 is 3.15 bits per heavy atom. The van der Waals surface area contributed by atoms with Crippen molar-refractivity contribution < 1.29 is 4.79 Å². The second-order valence-electron chi connectivity index (χ2n) is 4.58. The minimum atomic E-state index is -0.0605. The number of rotatable bonds is 3. The number of carbonyl (C=O) groups is 1. The molecule has 7 nitrogen and oxygen atoms in total. The van der Waals surface area contributed by atoms with Gasteiger partial charge in [0.2, 0.25) is 11.0 Å². The van der Waals surface area contributed by atoms with Crippen molar-refractivity contribution in [3.05, 3.63) is 24.1 Å². The van der Waals surface area contributed by atoms with Crippen LogP contribution < -0.4 is 10.2 Å². The minimum absolute atomic E-state index is 0.00431. The van der Waals surface area contributed by atoms with Crippen LogP contribution >= 0.6 is 11.3 Å². The van der Waals surface area contributed by atoms with Gasteiger partial charge in [0.1, 0.15) is 11.3 Å². The van der Waals surface area contributed by atoms with Crippen LogP contribution in [0.2, 0.25) is 0 Å². The van der Waals surface area contributed by atoms with Crippen LogP contribution in [0.25, 0.3) is 0 Å². The van der Waals surface area contributed by atoms with E-state index in [0.29, 0.717) is 11.7 Å². The van der Waals surface area contributed by atoms with E-state index in [4.69, 9.17) is 0 Å². The highest BCUT2D eigenvalue weighted by Crippen LogP contribution is 2.22. The van der Waals surface area contributed by atoms with Gasteiger partial charge in [0.25, 0.3) is 0 Å². The van der Waals surface area contributed by atoms with Gasteiger partial charge in [0, 0.05) is 25.5 Å². The number of nitrogens with one attached hydrogen (secondary N) is 1. The Balaban J connectivity index is 1.64. The second kappa shape index (κ2) is 5.91. The van der Waals surface area contributed by atoms with Crippen molar-refractivity contribution >= 4 is 28.2 Å². The summed E-state index contributed by atoms with van der Waals surface area (Å²) < 4.78 is 0. The number of anilines is 2. The Bertz CT molecular complexity index is 561. The molecule has 0 aliphatic carbocycles. The Hall–Kier alpha value is -2.09. The summed E-state index contributed by atoms with van der Waals surface area (Å²) in [6.07, 6.45) is 6.88. The molecule has 1 atom stereocenters. The number of aromatic nitrogens is 4. The summed E-state index contributed by atoms with van der Waals surface area (Å²) in [5.41, 5.74) is 1.60. The van der Waals surface area contributed by atoms with Crippen molar-refractivity contribution in [2.75, 3.05) is 23.3 Å². The van der Waals surface area contributed by atoms with Gasteiger partial charge in [-0.1, -0.05) is 11.3 Å². The zero-order valence-electron chi connectivity index (χ0n) is 10.8. The predicted molar refractivity (Wildman–Crippen MR) is 75.5 cm³/mol. The van der Waals surface area contributed by atoms with Gasteiger partial charge in [0.05, 0.1) is 12.1 Å². The monoisotopic (exact) mass is 290 g/mol. The van der Waals surface area contributed by atoms with E-state index in [0.717, 1.165) is 25.2 Å². The second-order valence-corrected chi connectivity index (χ2v) is 5.42. The van der Waals surface area contributed by atoms with Crippen LogP contribution in [0.3, 0.4) is 0 Å². The molecule has 1 aliphatic rings. The van der Waals surface area contributed by atoms with Gasteiger partial charge < -0.3 is 10.2 Å². The highest BCUT2D eigenvalue weighted by molar-refractivity contribution is 7.13. The summed E-state index contributed by atoms with van der Waals surface area (Å²) in [5.74, 6) is 0.755. The molecule has 3 heterocycles. The SMILES string of the molecule is O=C(Nc1nncs1)[C@@H]1CCCN(c2cnccn2)C1. The fourth-order valence-corrected chi connectivity index (χ4v) is 2.74. The number of hydrogen-bond donors (Lipinski definition) is 1. The van der Waals surface area contributed by atoms with Crippen LogP contribution in [0.1, 0.15) is 12.8 Å². The van der Waals surface area contributed by atoms with E-state index in [1.807, 2.05) is 0 Å². The van der Waals surface area contributed by atoms with Crippen LogP contribution in [0.4, 0.5) is 10.9 Å². The topological polar surface area (TPSA) is 83.9 Å². The standard InChI is InChI=1S/C12H14N6OS/c19-11(16-12-17-15-8-20-12)9-2-1-5-18(7-9)10-6-13-3-4-14-10/h3-4,6,8-9H,1-2,5,7H2,(H,16,17,19)/t9-/m1/s1. The van der Waals surface area contributed by atoms with Crippen LogP contribution in [0.5, 0.6) is 0 Å². The number of amides is 1. The highest BCUT2D eigenvalue weighted by atomic mass is 32.1. The maximum absolute atomic E-state index is 12.2. The smallest absolute Gasteiger partial charge is 0.231 e. The van der Waals surface area contributed by atoms with E-state index in [1.54, 1.807) is 24.1 Å². The average molecular weight is 290 g/mol. The summed E-state index contributed by atoms with van der Waals surface area (Å²) in [4.78, 5) is 22.7. The predicted octanol–water partition coefficient (Wildman–Crippen LogP) is 1.18. The molecule has 1 aliphatic heterocycles. The van der Waals surface area contributed by atoms with E-state index in [-0.39, 0.29) is 11.8 Å². The fraction of sp³-hybridized carbons (Fsp3) is 0.417. The normalized spacial score (nSPS) is 18.8. The molecular weight excluding hydrogens is 276 g/mol. The lowest BCUT2D eigenvalue weighted by Crippen LogP contribution is -2.41. The lowest BCUT2D eigenvalue weighted by Gasteiger charge is -2.32. The molecule has 0 saturated carbocycles.